The number of anilines is 3. The summed E-state index contributed by atoms with van der Waals surface area (Å²) in [6.45, 7) is 0. The highest BCUT2D eigenvalue weighted by Gasteiger charge is 2.22. The van der Waals surface area contributed by atoms with Crippen LogP contribution in [0.5, 0.6) is 0 Å². The molecule has 236 valence electrons. The van der Waals surface area contributed by atoms with E-state index in [2.05, 4.69) is 193 Å². The van der Waals surface area contributed by atoms with E-state index >= 15 is 0 Å². The molecule has 11 rings (SSSR count). The maximum Gasteiger partial charge on any atom is 0.0468 e. The van der Waals surface area contributed by atoms with Crippen molar-refractivity contribution in [1.82, 2.24) is 0 Å². The fourth-order valence-corrected chi connectivity index (χ4v) is 8.52. The van der Waals surface area contributed by atoms with Crippen LogP contribution >= 0.6 is 0 Å². The van der Waals surface area contributed by atoms with Gasteiger partial charge in [0.15, 0.2) is 0 Å². The molecule has 0 aliphatic heterocycles. The van der Waals surface area contributed by atoms with Gasteiger partial charge in [-0.2, -0.15) is 0 Å². The minimum absolute atomic E-state index is 1.12. The zero-order chi connectivity index (χ0) is 33.5. The Morgan fingerprint density at radius 1 is 0.255 bits per heavy atom. The minimum Gasteiger partial charge on any atom is -0.310 e. The van der Waals surface area contributed by atoms with Gasteiger partial charge in [-0.05, 0) is 130 Å². The highest BCUT2D eigenvalue weighted by Crippen LogP contribution is 2.48. The Balaban J connectivity index is 1.08. The van der Waals surface area contributed by atoms with Crippen LogP contribution in [0.4, 0.5) is 17.1 Å². The number of rotatable bonds is 4. The second-order valence-corrected chi connectivity index (χ2v) is 13.7. The Bertz CT molecular complexity index is 2920. The first-order valence-corrected chi connectivity index (χ1v) is 17.7. The number of benzene rings is 10. The summed E-state index contributed by atoms with van der Waals surface area (Å²) >= 11 is 0. The maximum absolute atomic E-state index is 2.41. The smallest absolute Gasteiger partial charge is 0.0468 e. The lowest BCUT2D eigenvalue weighted by atomic mass is 9.96. The number of hydrogen-bond donors (Lipinski definition) is 0. The van der Waals surface area contributed by atoms with E-state index in [1.807, 2.05) is 0 Å². The van der Waals surface area contributed by atoms with Crippen molar-refractivity contribution in [3.8, 4) is 33.4 Å². The minimum atomic E-state index is 1.12. The molecule has 1 nitrogen and oxygen atoms in total. The Morgan fingerprint density at radius 3 is 1.43 bits per heavy atom. The van der Waals surface area contributed by atoms with Crippen molar-refractivity contribution < 1.29 is 0 Å². The molecular formula is C50H31N. The summed E-state index contributed by atoms with van der Waals surface area (Å²) in [5.74, 6) is 0. The molecule has 0 N–H and O–H groups in total. The third kappa shape index (κ3) is 4.35. The van der Waals surface area contributed by atoms with Gasteiger partial charge >= 0.3 is 0 Å². The zero-order valence-corrected chi connectivity index (χ0v) is 27.8. The first kappa shape index (κ1) is 28.2. The summed E-state index contributed by atoms with van der Waals surface area (Å²) in [4.78, 5) is 2.41. The summed E-state index contributed by atoms with van der Waals surface area (Å²) in [5.41, 5.74) is 11.1. The van der Waals surface area contributed by atoms with E-state index in [-0.39, 0.29) is 0 Å². The van der Waals surface area contributed by atoms with E-state index in [4.69, 9.17) is 0 Å². The van der Waals surface area contributed by atoms with E-state index < -0.39 is 0 Å². The molecule has 0 heterocycles. The van der Waals surface area contributed by atoms with Crippen molar-refractivity contribution in [2.45, 2.75) is 0 Å². The number of fused-ring (bicyclic) bond motifs is 9. The summed E-state index contributed by atoms with van der Waals surface area (Å²) < 4.78 is 0. The second-order valence-electron chi connectivity index (χ2n) is 13.7. The topological polar surface area (TPSA) is 3.24 Å². The average molecular weight is 646 g/mol. The Labute approximate surface area is 296 Å². The fourth-order valence-electron chi connectivity index (χ4n) is 8.52. The van der Waals surface area contributed by atoms with Crippen molar-refractivity contribution in [1.29, 1.82) is 0 Å². The van der Waals surface area contributed by atoms with Crippen molar-refractivity contribution in [3.63, 3.8) is 0 Å². The molecule has 1 aliphatic carbocycles. The maximum atomic E-state index is 2.41. The van der Waals surface area contributed by atoms with E-state index in [1.165, 1.54) is 87.2 Å². The Kier molecular flexibility index (Phi) is 6.02. The predicted octanol–water partition coefficient (Wildman–Crippen LogP) is 14.2. The van der Waals surface area contributed by atoms with Crippen molar-refractivity contribution in [2.24, 2.45) is 0 Å². The van der Waals surface area contributed by atoms with Crippen molar-refractivity contribution in [2.75, 3.05) is 4.90 Å². The van der Waals surface area contributed by atoms with E-state index in [1.54, 1.807) is 0 Å². The van der Waals surface area contributed by atoms with Crippen LogP contribution in [0.15, 0.2) is 188 Å². The van der Waals surface area contributed by atoms with Crippen LogP contribution in [0.2, 0.25) is 0 Å². The molecule has 10 aromatic rings. The molecule has 0 saturated heterocycles. The van der Waals surface area contributed by atoms with Gasteiger partial charge in [0.2, 0.25) is 0 Å². The van der Waals surface area contributed by atoms with Crippen LogP contribution in [0.1, 0.15) is 0 Å². The van der Waals surface area contributed by atoms with Gasteiger partial charge < -0.3 is 4.90 Å². The van der Waals surface area contributed by atoms with Gasteiger partial charge in [0.25, 0.3) is 0 Å². The van der Waals surface area contributed by atoms with Gasteiger partial charge in [0.05, 0.1) is 0 Å². The first-order chi connectivity index (χ1) is 25.3. The standard InChI is InChI=1S/C50H31N/c1-3-14-42-32(8-1)18-20-37-29-40(23-26-44(37)42)51(41-24-27-45-38(30-41)21-19-33-9-2-4-15-43(33)45)39-13-5-12-35(28-39)36-22-25-46-47-16-6-10-34-11-7-17-48(50(34)47)49(46)31-36/h1-31H. The van der Waals surface area contributed by atoms with Crippen molar-refractivity contribution >= 4 is 70.9 Å². The molecule has 0 amide bonds. The molecule has 1 aliphatic rings. The van der Waals surface area contributed by atoms with Gasteiger partial charge in [0.1, 0.15) is 0 Å². The third-order valence-electron chi connectivity index (χ3n) is 10.9. The summed E-state index contributed by atoms with van der Waals surface area (Å²) in [6, 6.07) is 69.4. The van der Waals surface area contributed by atoms with Gasteiger partial charge in [-0.3, -0.25) is 0 Å². The molecule has 0 fully saturated rings. The van der Waals surface area contributed by atoms with E-state index in [0.717, 1.165) is 17.1 Å². The highest BCUT2D eigenvalue weighted by atomic mass is 15.1. The molecule has 51 heavy (non-hydrogen) atoms. The van der Waals surface area contributed by atoms with Crippen molar-refractivity contribution in [3.05, 3.63) is 188 Å². The number of hydrogen-bond acceptors (Lipinski definition) is 1. The predicted molar refractivity (Wildman–Crippen MR) is 219 cm³/mol. The molecule has 0 aromatic heterocycles. The van der Waals surface area contributed by atoms with Crippen LogP contribution in [-0.2, 0) is 0 Å². The monoisotopic (exact) mass is 645 g/mol. The molecule has 0 saturated carbocycles. The normalized spacial score (nSPS) is 11.9. The summed E-state index contributed by atoms with van der Waals surface area (Å²) in [7, 11) is 0. The molecule has 0 unspecified atom stereocenters. The van der Waals surface area contributed by atoms with Gasteiger partial charge in [-0.15, -0.1) is 0 Å². The second kappa shape index (κ2) is 10.9. The fraction of sp³-hybridized carbons (Fsp3) is 0. The van der Waals surface area contributed by atoms with Crippen LogP contribution < -0.4 is 4.90 Å². The SMILES string of the molecule is c1cc(-c2ccc3c(c2)-c2cccc4cccc-3c24)cc(N(c2ccc3c(ccc4ccccc43)c2)c2ccc3c(ccc4ccccc43)c2)c1. The number of nitrogens with zero attached hydrogens (tertiary/aromatic N) is 1. The molecular weight excluding hydrogens is 615 g/mol. The molecule has 0 atom stereocenters. The summed E-state index contributed by atoms with van der Waals surface area (Å²) in [5, 5.41) is 12.7. The van der Waals surface area contributed by atoms with Crippen LogP contribution in [0, 0.1) is 0 Å². The molecule has 0 radical (unpaired) electrons. The lowest BCUT2D eigenvalue weighted by molar-refractivity contribution is 1.29. The lowest BCUT2D eigenvalue weighted by Crippen LogP contribution is -2.10. The van der Waals surface area contributed by atoms with Gasteiger partial charge in [-0.1, -0.05) is 146 Å². The van der Waals surface area contributed by atoms with Gasteiger partial charge in [-0.25, -0.2) is 0 Å². The Hall–Kier alpha value is -6.70. The highest BCUT2D eigenvalue weighted by molar-refractivity contribution is 6.16. The summed E-state index contributed by atoms with van der Waals surface area (Å²) in [6.07, 6.45) is 0. The molecule has 10 aromatic carbocycles. The van der Waals surface area contributed by atoms with Crippen LogP contribution in [-0.4, -0.2) is 0 Å². The first-order valence-electron chi connectivity index (χ1n) is 17.7. The third-order valence-corrected chi connectivity index (χ3v) is 10.9. The zero-order valence-electron chi connectivity index (χ0n) is 27.8. The molecule has 0 spiro atoms. The van der Waals surface area contributed by atoms with E-state index in [9.17, 15) is 0 Å². The Morgan fingerprint density at radius 2 is 0.765 bits per heavy atom. The molecule has 1 heteroatoms. The lowest BCUT2D eigenvalue weighted by Gasteiger charge is -2.27. The van der Waals surface area contributed by atoms with E-state index in [0.29, 0.717) is 0 Å². The quantitative estimate of drug-likeness (QED) is 0.172. The largest absolute Gasteiger partial charge is 0.310 e. The van der Waals surface area contributed by atoms with Gasteiger partial charge in [0, 0.05) is 17.1 Å². The molecule has 0 bridgehead atoms. The van der Waals surface area contributed by atoms with Crippen LogP contribution in [0.25, 0.3) is 87.2 Å². The van der Waals surface area contributed by atoms with Crippen LogP contribution in [0.3, 0.4) is 0 Å². The average Bonchev–Trinajstić information content (AvgIpc) is 3.52.